The summed E-state index contributed by atoms with van der Waals surface area (Å²) in [6, 6.07) is 10.6. The van der Waals surface area contributed by atoms with Crippen LogP contribution in [0.4, 0.5) is 26.3 Å². The quantitative estimate of drug-likeness (QED) is 0.460. The van der Waals surface area contributed by atoms with E-state index in [9.17, 15) is 35.9 Å². The third-order valence-corrected chi connectivity index (χ3v) is 6.96. The van der Waals surface area contributed by atoms with E-state index in [2.05, 4.69) is 0 Å². The van der Waals surface area contributed by atoms with E-state index in [1.54, 1.807) is 12.0 Å². The van der Waals surface area contributed by atoms with Crippen LogP contribution in [0, 0.1) is 0 Å². The minimum Gasteiger partial charge on any atom is -0.542 e. The molecular weight excluding hydrogens is 518 g/mol. The Morgan fingerprint density at radius 3 is 2.19 bits per heavy atom. The number of hydrogen-bond donors (Lipinski definition) is 1. The van der Waals surface area contributed by atoms with Gasteiger partial charge in [-0.3, -0.25) is 9.59 Å². The topological polar surface area (TPSA) is 91.2 Å². The van der Waals surface area contributed by atoms with Crippen molar-refractivity contribution in [3.05, 3.63) is 51.7 Å². The van der Waals surface area contributed by atoms with E-state index in [0.717, 1.165) is 36.9 Å². The van der Waals surface area contributed by atoms with Gasteiger partial charge in [-0.05, 0) is 24.3 Å². The van der Waals surface area contributed by atoms with Crippen molar-refractivity contribution in [3.63, 3.8) is 0 Å². The second-order valence-corrected chi connectivity index (χ2v) is 9.25. The summed E-state index contributed by atoms with van der Waals surface area (Å²) in [6.45, 7) is 2.15. The average Bonchev–Trinajstić information content (AvgIpc) is 3.53. The van der Waals surface area contributed by atoms with Gasteiger partial charge in [0.15, 0.2) is 0 Å². The molecule has 2 bridgehead atoms. The van der Waals surface area contributed by atoms with Gasteiger partial charge in [0.2, 0.25) is 0 Å². The number of carbonyl (C=O) groups excluding carboxylic acids is 3. The lowest BCUT2D eigenvalue weighted by Gasteiger charge is -2.31. The molecule has 0 aliphatic carbocycles. The zero-order valence-corrected chi connectivity index (χ0v) is 19.4. The maximum absolute atomic E-state index is 12.8. The Labute approximate surface area is 204 Å². The predicted molar refractivity (Wildman–Crippen MR) is 112 cm³/mol. The van der Waals surface area contributed by atoms with Gasteiger partial charge in [0.05, 0.1) is 36.0 Å². The van der Waals surface area contributed by atoms with Gasteiger partial charge in [-0.2, -0.15) is 26.3 Å². The third kappa shape index (κ3) is 6.16. The fourth-order valence-electron chi connectivity index (χ4n) is 4.29. The molecule has 7 nitrogen and oxygen atoms in total. The second kappa shape index (κ2) is 10.5. The van der Waals surface area contributed by atoms with Crippen molar-refractivity contribution < 1.29 is 55.5 Å². The number of benzene rings is 1. The largest absolute Gasteiger partial charge is 0.542 e. The highest BCUT2D eigenvalue weighted by atomic mass is 32.1. The van der Waals surface area contributed by atoms with Gasteiger partial charge in [-0.1, -0.05) is 12.1 Å². The van der Waals surface area contributed by atoms with Crippen molar-refractivity contribution >= 4 is 29.0 Å². The van der Waals surface area contributed by atoms with Gasteiger partial charge >= 0.3 is 12.4 Å². The number of quaternary nitrogens is 1. The normalized spacial score (nSPS) is 21.1. The molecule has 2 aliphatic heterocycles. The zero-order chi connectivity index (χ0) is 26.8. The molecule has 2 saturated heterocycles. The second-order valence-electron chi connectivity index (χ2n) is 8.17. The molecule has 2 aromatic rings. The number of halogens is 6. The summed E-state index contributed by atoms with van der Waals surface area (Å²) < 4.78 is 74.7. The summed E-state index contributed by atoms with van der Waals surface area (Å²) in [6.07, 6.45) is -9.25. The minimum atomic E-state index is -5.19. The number of carbonyl (C=O) groups is 3. The highest BCUT2D eigenvalue weighted by Crippen LogP contribution is 2.30. The van der Waals surface area contributed by atoms with Crippen LogP contribution >= 0.6 is 11.3 Å². The van der Waals surface area contributed by atoms with Crippen molar-refractivity contribution in [2.75, 3.05) is 20.2 Å². The van der Waals surface area contributed by atoms with Crippen molar-refractivity contribution in [1.82, 2.24) is 4.90 Å². The van der Waals surface area contributed by atoms with Crippen LogP contribution in [0.25, 0.3) is 0 Å². The number of carboxylic acids is 1. The molecule has 0 radical (unpaired) electrons. The fourth-order valence-corrected chi connectivity index (χ4v) is 5.21. The molecule has 36 heavy (non-hydrogen) atoms. The lowest BCUT2D eigenvalue weighted by molar-refractivity contribution is -0.929. The van der Waals surface area contributed by atoms with Crippen LogP contribution in [-0.4, -0.2) is 67.2 Å². The Bertz CT molecular complexity index is 1130. The fraction of sp³-hybridized carbons (Fsp3) is 0.409. The molecular formula is C22H20F6N2O5S. The molecule has 1 unspecified atom stereocenters. The molecule has 2 aliphatic rings. The first-order valence-electron chi connectivity index (χ1n) is 10.5. The van der Waals surface area contributed by atoms with Crippen molar-refractivity contribution in [3.8, 4) is 5.75 Å². The minimum absolute atomic E-state index is 0.0566. The smallest absolute Gasteiger partial charge is 0.455 e. The average molecular weight is 538 g/mol. The number of para-hydroxylation sites is 1. The van der Waals surface area contributed by atoms with Crippen LogP contribution in [-0.2, 0) is 11.3 Å². The highest BCUT2D eigenvalue weighted by molar-refractivity contribution is 7.16. The van der Waals surface area contributed by atoms with Crippen LogP contribution in [0.3, 0.4) is 0 Å². The number of alkyl halides is 6. The Morgan fingerprint density at radius 1 is 1.06 bits per heavy atom. The van der Waals surface area contributed by atoms with Gasteiger partial charge in [0, 0.05) is 12.0 Å². The number of fused-ring (bicyclic) bond motifs is 2. The molecule has 0 spiro atoms. The number of ketones is 1. The van der Waals surface area contributed by atoms with Crippen LogP contribution in [0.1, 0.15) is 31.3 Å². The Balaban J connectivity index is 0.000000454. The number of aliphatic carboxylic acids is 1. The number of ether oxygens (including phenoxy) is 1. The van der Waals surface area contributed by atoms with Crippen LogP contribution in [0.2, 0.25) is 0 Å². The standard InChI is InChI=1S/C20H19F3N2O3S.C2HF3O2/c1-28-15-5-3-2-4-12(15)9-24-10-14-8-13(24)11-25(14)19(27)17-7-6-16(29-17)18(26)20(21,22)23;3-2(4,5)1(6)7/h2-7,13-14H,8-11H2,1H3;(H,6,7)/t13-,14-;/m0./s1. The Morgan fingerprint density at radius 2 is 1.67 bits per heavy atom. The van der Waals surface area contributed by atoms with Gasteiger partial charge in [0.1, 0.15) is 24.3 Å². The summed E-state index contributed by atoms with van der Waals surface area (Å²) >= 11 is 0.614. The molecule has 1 aromatic heterocycles. The number of hydrogen-bond acceptors (Lipinski definition) is 6. The maximum Gasteiger partial charge on any atom is 0.455 e. The van der Waals surface area contributed by atoms with E-state index in [4.69, 9.17) is 14.6 Å². The number of methoxy groups -OCH3 is 1. The summed E-state index contributed by atoms with van der Waals surface area (Å²) in [5.74, 6) is -4.36. The number of carboxylic acid groups (broad SMARTS) is 1. The SMILES string of the molecule is COc1ccccc1C[NH+]1C[C@@H]2C[C@H]1CN2C(=O)c1ccc(C(=O)C(F)(F)F)s1.O=C([O-])C(F)(F)F. The molecule has 1 N–H and O–H groups in total. The highest BCUT2D eigenvalue weighted by Gasteiger charge is 2.49. The van der Waals surface area contributed by atoms with Gasteiger partial charge in [-0.15, -0.1) is 11.3 Å². The zero-order valence-electron chi connectivity index (χ0n) is 18.6. The Kier molecular flexibility index (Phi) is 7.98. The molecule has 3 atom stereocenters. The summed E-state index contributed by atoms with van der Waals surface area (Å²) in [5, 5.41) is 8.78. The van der Waals surface area contributed by atoms with E-state index < -0.39 is 29.0 Å². The third-order valence-electron chi connectivity index (χ3n) is 5.89. The lowest BCUT2D eigenvalue weighted by atomic mass is 10.1. The van der Waals surface area contributed by atoms with Gasteiger partial charge in [0.25, 0.3) is 11.7 Å². The molecule has 2 fully saturated rings. The predicted octanol–water partition coefficient (Wildman–Crippen LogP) is 1.48. The van der Waals surface area contributed by atoms with Crippen molar-refractivity contribution in [2.24, 2.45) is 0 Å². The monoisotopic (exact) mass is 538 g/mol. The summed E-state index contributed by atoms with van der Waals surface area (Å²) in [7, 11) is 1.64. The number of thiophene rings is 1. The molecule has 196 valence electrons. The van der Waals surface area contributed by atoms with Gasteiger partial charge in [-0.25, -0.2) is 0 Å². The number of rotatable bonds is 5. The van der Waals surface area contributed by atoms with E-state index in [-0.39, 0.29) is 22.9 Å². The van der Waals surface area contributed by atoms with Crippen molar-refractivity contribution in [2.45, 2.75) is 37.4 Å². The molecule has 1 amide bonds. The van der Waals surface area contributed by atoms with E-state index in [1.165, 1.54) is 11.0 Å². The number of amides is 1. The van der Waals surface area contributed by atoms with Crippen LogP contribution < -0.4 is 14.7 Å². The van der Waals surface area contributed by atoms with Crippen LogP contribution in [0.5, 0.6) is 5.75 Å². The summed E-state index contributed by atoms with van der Waals surface area (Å²) in [5.41, 5.74) is 1.11. The Hall–Kier alpha value is -3.13. The van der Waals surface area contributed by atoms with E-state index in [0.29, 0.717) is 17.9 Å². The maximum atomic E-state index is 12.8. The lowest BCUT2D eigenvalue weighted by Crippen LogP contribution is -3.14. The number of likely N-dealkylation sites (tertiary alicyclic amines) is 2. The first-order chi connectivity index (χ1) is 16.7. The molecule has 4 rings (SSSR count). The number of piperazine rings is 1. The number of Topliss-reactive ketones (excluding diaryl/α,β-unsaturated/α-hetero) is 1. The summed E-state index contributed by atoms with van der Waals surface area (Å²) in [4.78, 5) is 35.8. The van der Waals surface area contributed by atoms with Crippen molar-refractivity contribution in [1.29, 1.82) is 0 Å². The molecule has 1 aromatic carbocycles. The van der Waals surface area contributed by atoms with E-state index in [1.807, 2.05) is 24.3 Å². The first kappa shape index (κ1) is 27.5. The number of nitrogens with one attached hydrogen (secondary N) is 1. The van der Waals surface area contributed by atoms with Gasteiger partial charge < -0.3 is 24.4 Å². The first-order valence-corrected chi connectivity index (χ1v) is 11.3. The molecule has 3 heterocycles. The molecule has 14 heteroatoms. The molecule has 0 saturated carbocycles. The van der Waals surface area contributed by atoms with E-state index >= 15 is 0 Å². The number of nitrogens with zero attached hydrogens (tertiary/aromatic N) is 1. The van der Waals surface area contributed by atoms with Crippen LogP contribution in [0.15, 0.2) is 36.4 Å².